The minimum atomic E-state index is -2.73. The number of rotatable bonds is 14. The number of ketones is 2. The van der Waals surface area contributed by atoms with Gasteiger partial charge in [0.1, 0.15) is 78.3 Å². The molecule has 0 spiro atoms. The summed E-state index contributed by atoms with van der Waals surface area (Å²) in [6.45, 7) is -1.37. The molecular formula is C70H38N6O10S3. The van der Waals surface area contributed by atoms with Crippen molar-refractivity contribution in [2.75, 3.05) is 0 Å². The molecule has 0 bridgehead atoms. The van der Waals surface area contributed by atoms with Crippen LogP contribution in [0, 0.1) is 45.3 Å². The van der Waals surface area contributed by atoms with E-state index in [1.807, 2.05) is 24.3 Å². The van der Waals surface area contributed by atoms with Crippen molar-refractivity contribution in [2.45, 2.75) is 37.3 Å². The van der Waals surface area contributed by atoms with Gasteiger partial charge in [-0.15, -0.1) is 34.0 Å². The molecule has 0 radical (unpaired) electrons. The molecule has 0 saturated carbocycles. The Morgan fingerprint density at radius 1 is 0.427 bits per heavy atom. The highest BCUT2D eigenvalue weighted by molar-refractivity contribution is 7.33. The van der Waals surface area contributed by atoms with E-state index >= 15 is 19.2 Å². The molecule has 3 aromatic heterocycles. The van der Waals surface area contributed by atoms with Gasteiger partial charge in [-0.1, -0.05) is 170 Å². The summed E-state index contributed by atoms with van der Waals surface area (Å²) >= 11 is 3.00. The number of nitriles is 4. The fourth-order valence-corrected chi connectivity index (χ4v) is 15.8. The van der Waals surface area contributed by atoms with Gasteiger partial charge in [0.15, 0.2) is 0 Å². The van der Waals surface area contributed by atoms with Gasteiger partial charge < -0.3 is 18.9 Å². The zero-order valence-corrected chi connectivity index (χ0v) is 48.6. The number of aliphatic imine (C=N–C) groups is 2. The van der Waals surface area contributed by atoms with Gasteiger partial charge in [-0.2, -0.15) is 21.0 Å². The molecule has 0 fully saturated rings. The van der Waals surface area contributed by atoms with E-state index < -0.39 is 57.6 Å². The van der Waals surface area contributed by atoms with Crippen LogP contribution in [0.4, 0.5) is 5.00 Å². The first kappa shape index (κ1) is 56.5. The van der Waals surface area contributed by atoms with Crippen molar-refractivity contribution < 1.29 is 47.7 Å². The minimum Gasteiger partial charge on any atom is -0.459 e. The molecule has 0 aliphatic heterocycles. The third kappa shape index (κ3) is 9.21. The number of esters is 4. The van der Waals surface area contributed by atoms with E-state index in [0.29, 0.717) is 27.8 Å². The smallest absolute Gasteiger partial charge is 0.334 e. The van der Waals surface area contributed by atoms with Gasteiger partial charge in [0.25, 0.3) is 0 Å². The standard InChI is InChI=1S/C70H38N6O10S3/c71-31-43(32-72)53-45-25-13-15-27-47(45)59(77)57(53)75-51-30-50-55(70(51,67(81)85-37-41-21-9-3-10-22-41)68(82)86-38-42-23-11-4-12-24-42)62-64(87-50)56-63(89-62)61-49(29-52(88-61)76-58-54(44(33-73)34-74)46-26-14-16-28-48(46)60(58)78)69(56,65(79)83-35-39-17-5-1-6-18-39)66(80)84-36-40-19-7-2-8-20-40/h1-30H,35-38H2. The van der Waals surface area contributed by atoms with Crippen molar-refractivity contribution in [3.8, 4) is 34.0 Å². The summed E-state index contributed by atoms with van der Waals surface area (Å²) < 4.78 is 25.4. The van der Waals surface area contributed by atoms with Crippen LogP contribution in [0.5, 0.6) is 0 Å². The maximum Gasteiger partial charge on any atom is 0.334 e. The highest BCUT2D eigenvalue weighted by Crippen LogP contribution is 2.65. The van der Waals surface area contributed by atoms with Gasteiger partial charge in [0, 0.05) is 43.8 Å². The number of allylic oxidation sites excluding steroid dienone is 4. The number of fused-ring (bicyclic) bond motifs is 9. The molecule has 9 aromatic rings. The highest BCUT2D eigenvalue weighted by atomic mass is 32.1. The van der Waals surface area contributed by atoms with Crippen LogP contribution >= 0.6 is 34.0 Å². The van der Waals surface area contributed by atoms with Gasteiger partial charge in [0.05, 0.1) is 24.9 Å². The number of carbonyl (C=O) groups excluding carboxylic acids is 6. The lowest BCUT2D eigenvalue weighted by molar-refractivity contribution is -0.166. The van der Waals surface area contributed by atoms with Crippen molar-refractivity contribution in [3.63, 3.8) is 0 Å². The number of nitrogens with zero attached hydrogens (tertiary/aromatic N) is 6. The first-order valence-corrected chi connectivity index (χ1v) is 29.8. The van der Waals surface area contributed by atoms with Crippen molar-refractivity contribution in [1.29, 1.82) is 21.0 Å². The monoisotopic (exact) mass is 1220 g/mol. The number of benzene rings is 6. The Kier molecular flexibility index (Phi) is 14.6. The van der Waals surface area contributed by atoms with Crippen LogP contribution in [0.3, 0.4) is 0 Å². The molecule has 4 aliphatic rings. The molecule has 0 saturated heterocycles. The lowest BCUT2D eigenvalue weighted by atomic mass is 9.78. The molecule has 0 amide bonds. The third-order valence-electron chi connectivity index (χ3n) is 15.5. The molecule has 0 atom stereocenters. The van der Waals surface area contributed by atoms with Crippen molar-refractivity contribution in [1.82, 2.24) is 0 Å². The second-order valence-electron chi connectivity index (χ2n) is 20.5. The van der Waals surface area contributed by atoms with Crippen LogP contribution in [0.25, 0.3) is 36.4 Å². The molecule has 0 unspecified atom stereocenters. The van der Waals surface area contributed by atoms with Gasteiger partial charge in [-0.25, -0.2) is 9.98 Å². The number of ether oxygens (including phenoxy) is 4. The van der Waals surface area contributed by atoms with Gasteiger partial charge in [-0.05, 0) is 45.5 Å². The third-order valence-corrected chi connectivity index (χ3v) is 19.2. The molecule has 89 heavy (non-hydrogen) atoms. The van der Waals surface area contributed by atoms with Crippen LogP contribution in [0.15, 0.2) is 203 Å². The topological polar surface area (TPSA) is 259 Å². The maximum atomic E-state index is 16.0. The molecule has 426 valence electrons. The summed E-state index contributed by atoms with van der Waals surface area (Å²) in [5.41, 5.74) is -4.06. The quantitative estimate of drug-likeness (QED) is 0.0424. The lowest BCUT2D eigenvalue weighted by Gasteiger charge is -2.28. The van der Waals surface area contributed by atoms with Gasteiger partial charge in [-0.3, -0.25) is 28.8 Å². The zero-order valence-electron chi connectivity index (χ0n) is 46.1. The number of hydrogen-bond donors (Lipinski definition) is 0. The van der Waals surface area contributed by atoms with Crippen molar-refractivity contribution >= 4 is 113 Å². The van der Waals surface area contributed by atoms with E-state index in [1.54, 1.807) is 164 Å². The second kappa shape index (κ2) is 23.0. The summed E-state index contributed by atoms with van der Waals surface area (Å²) in [6.07, 6.45) is 1.42. The first-order valence-electron chi connectivity index (χ1n) is 27.3. The van der Waals surface area contributed by atoms with Crippen molar-refractivity contribution in [3.05, 3.63) is 259 Å². The van der Waals surface area contributed by atoms with Gasteiger partial charge in [0.2, 0.25) is 22.4 Å². The van der Waals surface area contributed by atoms with Crippen LogP contribution in [0.1, 0.15) is 75.7 Å². The molecule has 13 rings (SSSR count). The van der Waals surface area contributed by atoms with Gasteiger partial charge >= 0.3 is 23.9 Å². The number of carbonyl (C=O) groups is 6. The Hall–Kier alpha value is -11.6. The van der Waals surface area contributed by atoms with E-state index in [4.69, 9.17) is 28.9 Å². The molecular weight excluding hydrogens is 1180 g/mol. The normalized spacial score (nSPS) is 15.1. The number of Topliss-reactive ketones (excluding diaryl/α,β-unsaturated/α-hetero) is 2. The molecule has 0 N–H and O–H groups in total. The Bertz CT molecular complexity index is 4770. The largest absolute Gasteiger partial charge is 0.459 e. The Balaban J connectivity index is 1.08. The summed E-state index contributed by atoms with van der Waals surface area (Å²) in [5.74, 6) is -5.83. The van der Waals surface area contributed by atoms with E-state index in [-0.39, 0.29) is 117 Å². The maximum absolute atomic E-state index is 16.0. The predicted octanol–water partition coefficient (Wildman–Crippen LogP) is 12.8. The molecule has 19 heteroatoms. The molecule has 4 aliphatic carbocycles. The summed E-state index contributed by atoms with van der Waals surface area (Å²) in [6, 6.07) is 56.7. The van der Waals surface area contributed by atoms with E-state index in [0.717, 1.165) is 34.0 Å². The highest BCUT2D eigenvalue weighted by Gasteiger charge is 2.65. The average molecular weight is 1220 g/mol. The van der Waals surface area contributed by atoms with Crippen LogP contribution in [0.2, 0.25) is 0 Å². The summed E-state index contributed by atoms with van der Waals surface area (Å²) in [4.78, 5) is 103. The Morgan fingerprint density at radius 2 is 0.798 bits per heavy atom. The molecule has 6 aromatic carbocycles. The summed E-state index contributed by atoms with van der Waals surface area (Å²) in [7, 11) is 0. The van der Waals surface area contributed by atoms with Crippen LogP contribution in [-0.2, 0) is 75.4 Å². The SMILES string of the molecule is N#CC(C#N)=C1C(=NC2=Cc3sc4c5c(sc4c3C2(C(=O)OCc2ccccc2)C(=O)OCc2ccccc2)-c2sc(N=C3C(=O)c4ccccc4C3=C(C#N)C#N)cc2C5(C(=O)OCc2ccccc2)C(=O)OCc2ccccc2)C(=O)c2ccccc21. The fraction of sp³-hybridized carbons (Fsp3) is 0.0857. The zero-order chi connectivity index (χ0) is 61.6. The average Bonchev–Trinajstić information content (AvgIpc) is 1.50. The fourth-order valence-electron chi connectivity index (χ4n) is 11.5. The molecule has 3 heterocycles. The summed E-state index contributed by atoms with van der Waals surface area (Å²) in [5, 5.41) is 41.3. The number of hydrogen-bond acceptors (Lipinski definition) is 19. The van der Waals surface area contributed by atoms with Crippen molar-refractivity contribution in [2.24, 2.45) is 9.98 Å². The van der Waals surface area contributed by atoms with E-state index in [2.05, 4.69) is 0 Å². The lowest BCUT2D eigenvalue weighted by Crippen LogP contribution is -2.46. The van der Waals surface area contributed by atoms with E-state index in [9.17, 15) is 30.6 Å². The van der Waals surface area contributed by atoms with E-state index in [1.165, 1.54) is 18.2 Å². The first-order chi connectivity index (χ1) is 43.4. The van der Waals surface area contributed by atoms with Crippen LogP contribution in [-0.4, -0.2) is 46.9 Å². The Morgan fingerprint density at radius 3 is 1.21 bits per heavy atom. The molecule has 16 nitrogen and oxygen atoms in total. The second-order valence-corrected chi connectivity index (χ2v) is 23.6. The van der Waals surface area contributed by atoms with Crippen LogP contribution < -0.4 is 0 Å². The minimum absolute atomic E-state index is 0.00311. The number of thiophene rings is 3. The predicted molar refractivity (Wildman–Crippen MR) is 331 cm³/mol. The Labute approximate surface area is 518 Å².